The number of aromatic nitrogens is 4. The van der Waals surface area contributed by atoms with Crippen LogP contribution in [0.5, 0.6) is 5.75 Å². The third-order valence-electron chi connectivity index (χ3n) is 5.12. The molecule has 31 heavy (non-hydrogen) atoms. The molecule has 1 amide bonds. The molecule has 4 aromatic rings. The zero-order chi connectivity index (χ0) is 22.0. The van der Waals surface area contributed by atoms with E-state index < -0.39 is 0 Å². The molecule has 0 radical (unpaired) electrons. The van der Waals surface area contributed by atoms with Crippen LogP contribution in [-0.4, -0.2) is 38.9 Å². The quantitative estimate of drug-likeness (QED) is 0.388. The Morgan fingerprint density at radius 3 is 2.61 bits per heavy atom. The second-order valence-electron chi connectivity index (χ2n) is 7.01. The first-order valence-corrected chi connectivity index (χ1v) is 11.8. The molecule has 0 aliphatic rings. The van der Waals surface area contributed by atoms with Crippen LogP contribution in [0.4, 0.5) is 5.69 Å². The maximum Gasteiger partial charge on any atom is 0.253 e. The molecule has 7 nitrogen and oxygen atoms in total. The third-order valence-corrected chi connectivity index (χ3v) is 6.52. The van der Waals surface area contributed by atoms with Gasteiger partial charge < -0.3 is 9.64 Å². The summed E-state index contributed by atoms with van der Waals surface area (Å²) in [5.41, 5.74) is 3.38. The Morgan fingerprint density at radius 2 is 1.97 bits per heavy atom. The SMILES string of the molecule is COc1ccc(N(Cc2cccs2)C(=O)Cc2c(C)nc3nc(SC)nn3c2C)cc1. The number of thioether (sulfide) groups is 1. The van der Waals surface area contributed by atoms with Gasteiger partial charge in [-0.25, -0.2) is 9.50 Å². The van der Waals surface area contributed by atoms with Crippen molar-refractivity contribution in [2.75, 3.05) is 18.3 Å². The molecule has 0 aliphatic carbocycles. The van der Waals surface area contributed by atoms with Crippen molar-refractivity contribution in [3.8, 4) is 5.75 Å². The van der Waals surface area contributed by atoms with Crippen LogP contribution >= 0.6 is 23.1 Å². The molecule has 0 spiro atoms. The summed E-state index contributed by atoms with van der Waals surface area (Å²) in [6, 6.07) is 11.6. The number of amides is 1. The van der Waals surface area contributed by atoms with Crippen molar-refractivity contribution < 1.29 is 9.53 Å². The minimum atomic E-state index is -0.00359. The van der Waals surface area contributed by atoms with Crippen molar-refractivity contribution in [1.29, 1.82) is 0 Å². The van der Waals surface area contributed by atoms with E-state index in [9.17, 15) is 4.79 Å². The number of nitrogens with zero attached hydrogens (tertiary/aromatic N) is 5. The lowest BCUT2D eigenvalue weighted by Gasteiger charge is -2.23. The Balaban J connectivity index is 1.68. The smallest absolute Gasteiger partial charge is 0.253 e. The first kappa shape index (κ1) is 21.3. The molecular formula is C22H23N5O2S2. The van der Waals surface area contributed by atoms with Crippen LogP contribution in [-0.2, 0) is 17.8 Å². The minimum Gasteiger partial charge on any atom is -0.497 e. The highest BCUT2D eigenvalue weighted by Crippen LogP contribution is 2.25. The fourth-order valence-corrected chi connectivity index (χ4v) is 4.45. The van der Waals surface area contributed by atoms with E-state index in [1.165, 1.54) is 11.8 Å². The lowest BCUT2D eigenvalue weighted by Crippen LogP contribution is -2.32. The maximum atomic E-state index is 13.5. The molecule has 3 aromatic heterocycles. The average molecular weight is 454 g/mol. The summed E-state index contributed by atoms with van der Waals surface area (Å²) < 4.78 is 6.99. The van der Waals surface area contributed by atoms with Gasteiger partial charge in [-0.15, -0.1) is 16.4 Å². The van der Waals surface area contributed by atoms with E-state index in [0.29, 0.717) is 17.5 Å². The zero-order valence-electron chi connectivity index (χ0n) is 17.8. The summed E-state index contributed by atoms with van der Waals surface area (Å²) in [5, 5.41) is 7.17. The lowest BCUT2D eigenvalue weighted by molar-refractivity contribution is -0.118. The third kappa shape index (κ3) is 4.42. The van der Waals surface area contributed by atoms with Gasteiger partial charge >= 0.3 is 0 Å². The van der Waals surface area contributed by atoms with Gasteiger partial charge in [0.1, 0.15) is 5.75 Å². The van der Waals surface area contributed by atoms with Crippen molar-refractivity contribution in [2.24, 2.45) is 0 Å². The van der Waals surface area contributed by atoms with E-state index in [4.69, 9.17) is 4.74 Å². The number of benzene rings is 1. The van der Waals surface area contributed by atoms with Gasteiger partial charge in [0.2, 0.25) is 11.1 Å². The van der Waals surface area contributed by atoms with Gasteiger partial charge in [-0.2, -0.15) is 4.98 Å². The highest BCUT2D eigenvalue weighted by molar-refractivity contribution is 7.98. The van der Waals surface area contributed by atoms with E-state index in [-0.39, 0.29) is 12.3 Å². The fraction of sp³-hybridized carbons (Fsp3) is 0.273. The van der Waals surface area contributed by atoms with Crippen molar-refractivity contribution in [3.05, 3.63) is 63.6 Å². The largest absolute Gasteiger partial charge is 0.497 e. The molecule has 0 atom stereocenters. The predicted octanol–water partition coefficient (Wildman–Crippen LogP) is 4.31. The van der Waals surface area contributed by atoms with E-state index >= 15 is 0 Å². The molecule has 0 unspecified atom stereocenters. The van der Waals surface area contributed by atoms with E-state index in [1.54, 1.807) is 23.0 Å². The van der Waals surface area contributed by atoms with Crippen LogP contribution in [0, 0.1) is 13.8 Å². The Morgan fingerprint density at radius 1 is 1.19 bits per heavy atom. The standard InChI is InChI=1S/C22H23N5O2S2/c1-14-19(15(2)27-21(23-14)24-22(25-27)30-4)12-20(28)26(13-18-6-5-11-31-18)16-7-9-17(29-3)10-8-16/h5-11H,12-13H2,1-4H3. The van der Waals surface area contributed by atoms with Crippen molar-refractivity contribution >= 4 is 40.5 Å². The second kappa shape index (κ2) is 9.07. The molecule has 0 fully saturated rings. The van der Waals surface area contributed by atoms with E-state index in [0.717, 1.165) is 33.3 Å². The predicted molar refractivity (Wildman–Crippen MR) is 124 cm³/mol. The zero-order valence-corrected chi connectivity index (χ0v) is 19.5. The van der Waals surface area contributed by atoms with Crippen molar-refractivity contribution in [1.82, 2.24) is 19.6 Å². The summed E-state index contributed by atoms with van der Waals surface area (Å²) in [5.74, 6) is 1.31. The van der Waals surface area contributed by atoms with Gasteiger partial charge in [0.05, 0.1) is 20.1 Å². The highest BCUT2D eigenvalue weighted by atomic mass is 32.2. The van der Waals surface area contributed by atoms with Gasteiger partial charge in [-0.1, -0.05) is 17.8 Å². The number of fused-ring (bicyclic) bond motifs is 1. The summed E-state index contributed by atoms with van der Waals surface area (Å²) >= 11 is 3.10. The molecule has 0 aliphatic heterocycles. The number of aryl methyl sites for hydroxylation is 2. The first-order chi connectivity index (χ1) is 15.0. The van der Waals surface area contributed by atoms with Crippen LogP contribution in [0.25, 0.3) is 5.78 Å². The number of hydrogen-bond acceptors (Lipinski definition) is 7. The molecule has 160 valence electrons. The van der Waals surface area contributed by atoms with Crippen molar-refractivity contribution in [3.63, 3.8) is 0 Å². The number of anilines is 1. The molecule has 0 saturated carbocycles. The first-order valence-electron chi connectivity index (χ1n) is 9.73. The molecule has 1 aromatic carbocycles. The number of rotatable bonds is 7. The number of ether oxygens (including phenoxy) is 1. The van der Waals surface area contributed by atoms with Gasteiger partial charge in [0, 0.05) is 27.5 Å². The Kier molecular flexibility index (Phi) is 6.24. The van der Waals surface area contributed by atoms with Crippen LogP contribution in [0.3, 0.4) is 0 Å². The summed E-state index contributed by atoms with van der Waals surface area (Å²) in [4.78, 5) is 25.4. The summed E-state index contributed by atoms with van der Waals surface area (Å²) in [6.07, 6.45) is 2.16. The molecule has 0 saturated heterocycles. The number of hydrogen-bond donors (Lipinski definition) is 0. The van der Waals surface area contributed by atoms with Gasteiger partial charge in [-0.3, -0.25) is 4.79 Å². The number of methoxy groups -OCH3 is 1. The van der Waals surface area contributed by atoms with E-state index in [2.05, 4.69) is 15.1 Å². The monoisotopic (exact) mass is 453 g/mol. The Bertz CT molecular complexity index is 1200. The number of carbonyl (C=O) groups is 1. The normalized spacial score (nSPS) is 11.1. The summed E-state index contributed by atoms with van der Waals surface area (Å²) in [7, 11) is 1.63. The summed E-state index contributed by atoms with van der Waals surface area (Å²) in [6.45, 7) is 4.39. The Hall–Kier alpha value is -2.91. The van der Waals surface area contributed by atoms with Gasteiger partial charge in [0.25, 0.3) is 5.78 Å². The molecular weight excluding hydrogens is 430 g/mol. The van der Waals surface area contributed by atoms with Crippen molar-refractivity contribution in [2.45, 2.75) is 32.0 Å². The molecule has 0 bridgehead atoms. The average Bonchev–Trinajstić information content (AvgIpc) is 3.44. The number of carbonyl (C=O) groups excluding carboxylic acids is 1. The molecule has 4 rings (SSSR count). The topological polar surface area (TPSA) is 72.6 Å². The number of thiophene rings is 1. The highest BCUT2D eigenvalue weighted by Gasteiger charge is 2.21. The fourth-order valence-electron chi connectivity index (χ4n) is 3.42. The van der Waals surface area contributed by atoms with Crippen LogP contribution < -0.4 is 9.64 Å². The second-order valence-corrected chi connectivity index (χ2v) is 8.81. The van der Waals surface area contributed by atoms with Crippen LogP contribution in [0.2, 0.25) is 0 Å². The maximum absolute atomic E-state index is 13.5. The van der Waals surface area contributed by atoms with Gasteiger partial charge in [-0.05, 0) is 55.8 Å². The molecule has 3 heterocycles. The Labute approximate surface area is 189 Å². The lowest BCUT2D eigenvalue weighted by atomic mass is 10.1. The van der Waals surface area contributed by atoms with E-state index in [1.807, 2.05) is 66.8 Å². The van der Waals surface area contributed by atoms with Gasteiger partial charge in [0.15, 0.2) is 0 Å². The molecule has 9 heteroatoms. The van der Waals surface area contributed by atoms with Crippen LogP contribution in [0.1, 0.15) is 21.8 Å². The minimum absolute atomic E-state index is 0.00359. The van der Waals surface area contributed by atoms with Crippen LogP contribution in [0.15, 0.2) is 46.9 Å². The molecule has 0 N–H and O–H groups in total.